The highest BCUT2D eigenvalue weighted by atomic mass is 16.3. The summed E-state index contributed by atoms with van der Waals surface area (Å²) in [5.74, 6) is 0. The largest absolute Gasteiger partial charge is 0.394 e. The van der Waals surface area contributed by atoms with E-state index in [2.05, 4.69) is 27.4 Å². The van der Waals surface area contributed by atoms with Crippen LogP contribution in [0.25, 0.3) is 11.0 Å². The topological polar surface area (TPSA) is 60.9 Å². The summed E-state index contributed by atoms with van der Waals surface area (Å²) in [5, 5.41) is 12.5. The second kappa shape index (κ2) is 4.85. The van der Waals surface area contributed by atoms with Crippen molar-refractivity contribution in [2.75, 3.05) is 13.2 Å². The van der Waals surface area contributed by atoms with E-state index in [1.165, 1.54) is 5.56 Å². The Morgan fingerprint density at radius 3 is 3.00 bits per heavy atom. The standard InChI is InChI=1S/C13H19N3O/c1-13(2,8-17)16-6-5-10-3-4-11-12(7-10)15-9-14-11/h3-4,7,9,16-17H,5-6,8H2,1-2H3,(H,14,15). The number of aliphatic hydroxyl groups is 1. The van der Waals surface area contributed by atoms with E-state index in [4.69, 9.17) is 5.11 Å². The van der Waals surface area contributed by atoms with Gasteiger partial charge in [-0.2, -0.15) is 0 Å². The lowest BCUT2D eigenvalue weighted by Crippen LogP contribution is -2.43. The zero-order valence-corrected chi connectivity index (χ0v) is 10.3. The maximum atomic E-state index is 9.13. The Labute approximate surface area is 101 Å². The molecule has 1 aromatic carbocycles. The van der Waals surface area contributed by atoms with E-state index in [0.717, 1.165) is 24.0 Å². The zero-order chi connectivity index (χ0) is 12.3. The maximum Gasteiger partial charge on any atom is 0.0931 e. The molecule has 92 valence electrons. The van der Waals surface area contributed by atoms with E-state index in [0.29, 0.717) is 0 Å². The minimum atomic E-state index is -0.210. The smallest absolute Gasteiger partial charge is 0.0931 e. The van der Waals surface area contributed by atoms with Crippen LogP contribution >= 0.6 is 0 Å². The van der Waals surface area contributed by atoms with Crippen molar-refractivity contribution in [2.45, 2.75) is 25.8 Å². The molecule has 0 aliphatic carbocycles. The average Bonchev–Trinajstić information content (AvgIpc) is 2.76. The van der Waals surface area contributed by atoms with Crippen molar-refractivity contribution in [2.24, 2.45) is 0 Å². The molecule has 0 spiro atoms. The second-order valence-electron chi connectivity index (χ2n) is 4.97. The van der Waals surface area contributed by atoms with Crippen molar-refractivity contribution in [3.63, 3.8) is 0 Å². The van der Waals surface area contributed by atoms with E-state index >= 15 is 0 Å². The number of H-pyrrole nitrogens is 1. The third-order valence-electron chi connectivity index (χ3n) is 2.90. The van der Waals surface area contributed by atoms with Crippen molar-refractivity contribution in [1.29, 1.82) is 0 Å². The van der Waals surface area contributed by atoms with Crippen molar-refractivity contribution in [3.8, 4) is 0 Å². The molecule has 0 amide bonds. The predicted molar refractivity (Wildman–Crippen MR) is 69.0 cm³/mol. The Balaban J connectivity index is 1.95. The Bertz CT molecular complexity index is 490. The van der Waals surface area contributed by atoms with Crippen LogP contribution in [0.3, 0.4) is 0 Å². The summed E-state index contributed by atoms with van der Waals surface area (Å²) in [4.78, 5) is 7.29. The van der Waals surface area contributed by atoms with Crippen molar-refractivity contribution in [1.82, 2.24) is 15.3 Å². The monoisotopic (exact) mass is 233 g/mol. The number of hydrogen-bond donors (Lipinski definition) is 3. The first-order valence-corrected chi connectivity index (χ1v) is 5.89. The van der Waals surface area contributed by atoms with E-state index in [1.807, 2.05) is 19.9 Å². The van der Waals surface area contributed by atoms with Gasteiger partial charge in [0.05, 0.1) is 24.0 Å². The Kier molecular flexibility index (Phi) is 3.45. The fourth-order valence-corrected chi connectivity index (χ4v) is 1.74. The molecule has 0 saturated carbocycles. The number of aliphatic hydroxyl groups excluding tert-OH is 1. The summed E-state index contributed by atoms with van der Waals surface area (Å²) in [6.07, 6.45) is 2.65. The third-order valence-corrected chi connectivity index (χ3v) is 2.90. The number of benzene rings is 1. The fraction of sp³-hybridized carbons (Fsp3) is 0.462. The van der Waals surface area contributed by atoms with Crippen molar-refractivity contribution < 1.29 is 5.11 Å². The number of imidazole rings is 1. The summed E-state index contributed by atoms with van der Waals surface area (Å²) in [7, 11) is 0. The lowest BCUT2D eigenvalue weighted by atomic mass is 10.1. The third kappa shape index (κ3) is 3.05. The molecule has 0 fully saturated rings. The van der Waals surface area contributed by atoms with Crippen LogP contribution in [0.15, 0.2) is 24.5 Å². The molecule has 4 heteroatoms. The summed E-state index contributed by atoms with van der Waals surface area (Å²) in [6.45, 7) is 4.98. The van der Waals surface area contributed by atoms with Crippen molar-refractivity contribution >= 4 is 11.0 Å². The van der Waals surface area contributed by atoms with Crippen LogP contribution in [0.1, 0.15) is 19.4 Å². The molecule has 4 nitrogen and oxygen atoms in total. The number of rotatable bonds is 5. The van der Waals surface area contributed by atoms with Crippen LogP contribution in [0.4, 0.5) is 0 Å². The molecule has 0 saturated heterocycles. The molecule has 0 aliphatic heterocycles. The minimum Gasteiger partial charge on any atom is -0.394 e. The lowest BCUT2D eigenvalue weighted by molar-refractivity contribution is 0.189. The summed E-state index contributed by atoms with van der Waals surface area (Å²) < 4.78 is 0. The zero-order valence-electron chi connectivity index (χ0n) is 10.3. The molecule has 1 heterocycles. The average molecular weight is 233 g/mol. The van der Waals surface area contributed by atoms with Gasteiger partial charge < -0.3 is 15.4 Å². The Morgan fingerprint density at radius 1 is 1.41 bits per heavy atom. The lowest BCUT2D eigenvalue weighted by Gasteiger charge is -2.23. The molecule has 3 N–H and O–H groups in total. The number of aromatic nitrogens is 2. The van der Waals surface area contributed by atoms with E-state index < -0.39 is 0 Å². The van der Waals surface area contributed by atoms with E-state index in [9.17, 15) is 0 Å². The molecule has 0 aliphatic rings. The molecule has 2 aromatic rings. The molecule has 0 unspecified atom stereocenters. The minimum absolute atomic E-state index is 0.145. The van der Waals surface area contributed by atoms with Crippen LogP contribution in [0.5, 0.6) is 0 Å². The molecule has 17 heavy (non-hydrogen) atoms. The molecular formula is C13H19N3O. The number of nitrogens with one attached hydrogen (secondary N) is 2. The number of nitrogens with zero attached hydrogens (tertiary/aromatic N) is 1. The molecule has 0 bridgehead atoms. The Morgan fingerprint density at radius 2 is 2.24 bits per heavy atom. The quantitative estimate of drug-likeness (QED) is 0.733. The summed E-state index contributed by atoms with van der Waals surface area (Å²) in [6, 6.07) is 6.24. The van der Waals surface area contributed by atoms with Gasteiger partial charge in [-0.05, 0) is 44.5 Å². The molecular weight excluding hydrogens is 214 g/mol. The SMILES string of the molecule is CC(C)(CO)NCCc1ccc2nc[nH]c2c1. The van der Waals surface area contributed by atoms with Gasteiger partial charge in [-0.25, -0.2) is 4.98 Å². The summed E-state index contributed by atoms with van der Waals surface area (Å²) in [5.41, 5.74) is 3.13. The Hall–Kier alpha value is -1.39. The van der Waals surface area contributed by atoms with Gasteiger partial charge >= 0.3 is 0 Å². The second-order valence-corrected chi connectivity index (χ2v) is 4.97. The van der Waals surface area contributed by atoms with Gasteiger partial charge in [-0.15, -0.1) is 0 Å². The first-order valence-electron chi connectivity index (χ1n) is 5.89. The van der Waals surface area contributed by atoms with E-state index in [-0.39, 0.29) is 12.1 Å². The van der Waals surface area contributed by atoms with Gasteiger partial charge in [0, 0.05) is 5.54 Å². The normalized spacial score (nSPS) is 12.2. The molecule has 0 radical (unpaired) electrons. The first-order chi connectivity index (χ1) is 8.11. The van der Waals surface area contributed by atoms with E-state index in [1.54, 1.807) is 6.33 Å². The van der Waals surface area contributed by atoms with Gasteiger partial charge in [0.25, 0.3) is 0 Å². The van der Waals surface area contributed by atoms with Crippen LogP contribution < -0.4 is 5.32 Å². The van der Waals surface area contributed by atoms with Gasteiger partial charge in [0.15, 0.2) is 0 Å². The van der Waals surface area contributed by atoms with Gasteiger partial charge in [0.2, 0.25) is 0 Å². The first kappa shape index (κ1) is 12.1. The summed E-state index contributed by atoms with van der Waals surface area (Å²) >= 11 is 0. The molecule has 1 aromatic heterocycles. The number of fused-ring (bicyclic) bond motifs is 1. The van der Waals surface area contributed by atoms with Crippen LogP contribution in [0.2, 0.25) is 0 Å². The predicted octanol–water partition coefficient (Wildman–Crippen LogP) is 1.47. The van der Waals surface area contributed by atoms with Gasteiger partial charge in [-0.3, -0.25) is 0 Å². The molecule has 2 rings (SSSR count). The van der Waals surface area contributed by atoms with Crippen LogP contribution in [-0.2, 0) is 6.42 Å². The van der Waals surface area contributed by atoms with Crippen LogP contribution in [0, 0.1) is 0 Å². The maximum absolute atomic E-state index is 9.13. The number of hydrogen-bond acceptors (Lipinski definition) is 3. The van der Waals surface area contributed by atoms with Crippen LogP contribution in [-0.4, -0.2) is 33.8 Å². The number of aromatic amines is 1. The van der Waals surface area contributed by atoms with Crippen molar-refractivity contribution in [3.05, 3.63) is 30.1 Å². The highest BCUT2D eigenvalue weighted by molar-refractivity contribution is 5.75. The fourth-order valence-electron chi connectivity index (χ4n) is 1.74. The highest BCUT2D eigenvalue weighted by Crippen LogP contribution is 2.12. The van der Waals surface area contributed by atoms with Gasteiger partial charge in [-0.1, -0.05) is 6.07 Å². The molecule has 0 atom stereocenters. The van der Waals surface area contributed by atoms with Gasteiger partial charge in [0.1, 0.15) is 0 Å². The highest BCUT2D eigenvalue weighted by Gasteiger charge is 2.14.